The monoisotopic (exact) mass is 330 g/mol. The maximum Gasteiger partial charge on any atom is 0.345 e. The second-order valence-electron chi connectivity index (χ2n) is 6.24. The smallest absolute Gasteiger partial charge is 0.276 e. The molecule has 1 aliphatic rings. The molecule has 1 aliphatic heterocycles. The average molecular weight is 330 g/mol. The van der Waals surface area contributed by atoms with E-state index >= 15 is 0 Å². The maximum absolute atomic E-state index is 12.3. The van der Waals surface area contributed by atoms with Crippen molar-refractivity contribution in [3.05, 3.63) is 16.3 Å². The van der Waals surface area contributed by atoms with E-state index in [0.29, 0.717) is 25.3 Å². The Morgan fingerprint density at radius 3 is 2.64 bits per heavy atom. The van der Waals surface area contributed by atoms with Gasteiger partial charge in [-0.1, -0.05) is 6.92 Å². The van der Waals surface area contributed by atoms with Crippen molar-refractivity contribution in [2.45, 2.75) is 52.0 Å². The van der Waals surface area contributed by atoms with E-state index in [-0.39, 0.29) is 23.4 Å². The van der Waals surface area contributed by atoms with Crippen LogP contribution < -0.4 is 5.69 Å². The molecule has 8 heteroatoms. The Morgan fingerprint density at radius 2 is 2.05 bits per heavy atom. The van der Waals surface area contributed by atoms with Gasteiger partial charge in [0.1, 0.15) is 5.82 Å². The summed E-state index contributed by atoms with van der Waals surface area (Å²) >= 11 is 0. The average Bonchev–Trinajstić information content (AvgIpc) is 2.75. The molecule has 1 aromatic heterocycles. The Hall–Kier alpha value is -1.15. The zero-order valence-electron chi connectivity index (χ0n) is 13.8. The largest absolute Gasteiger partial charge is 0.345 e. The SMILES string of the molecule is CCCS(=O)(=O)N1CCCC(c2nn(C)c(=O)n2C(C)C)C1. The quantitative estimate of drug-likeness (QED) is 0.809. The molecule has 2 heterocycles. The fourth-order valence-corrected chi connectivity index (χ4v) is 4.64. The zero-order chi connectivity index (χ0) is 16.5. The number of nitrogens with zero attached hydrogens (tertiary/aromatic N) is 4. The number of aryl methyl sites for hydroxylation is 1. The van der Waals surface area contributed by atoms with Crippen molar-refractivity contribution in [2.24, 2.45) is 7.05 Å². The summed E-state index contributed by atoms with van der Waals surface area (Å²) in [6, 6.07) is 0.0128. The molecule has 1 saturated heterocycles. The minimum absolute atomic E-state index is 0.0128. The molecule has 0 aliphatic carbocycles. The van der Waals surface area contributed by atoms with Crippen LogP contribution in [0.2, 0.25) is 0 Å². The van der Waals surface area contributed by atoms with Crippen LogP contribution in [-0.4, -0.2) is 45.9 Å². The van der Waals surface area contributed by atoms with Gasteiger partial charge in [-0.15, -0.1) is 0 Å². The Labute approximate surface area is 132 Å². The van der Waals surface area contributed by atoms with Crippen LogP contribution >= 0.6 is 0 Å². The summed E-state index contributed by atoms with van der Waals surface area (Å²) in [7, 11) is -1.56. The Balaban J connectivity index is 2.31. The highest BCUT2D eigenvalue weighted by Crippen LogP contribution is 2.28. The van der Waals surface area contributed by atoms with E-state index in [0.717, 1.165) is 12.8 Å². The molecule has 0 saturated carbocycles. The zero-order valence-corrected chi connectivity index (χ0v) is 14.6. The van der Waals surface area contributed by atoms with Crippen LogP contribution in [0.25, 0.3) is 0 Å². The van der Waals surface area contributed by atoms with E-state index < -0.39 is 10.0 Å². The lowest BCUT2D eigenvalue weighted by Gasteiger charge is -2.31. The second kappa shape index (κ2) is 6.54. The first-order chi connectivity index (χ1) is 10.3. The first kappa shape index (κ1) is 17.2. The van der Waals surface area contributed by atoms with Crippen molar-refractivity contribution in [3.8, 4) is 0 Å². The molecule has 0 N–H and O–H groups in total. The predicted octanol–water partition coefficient (Wildman–Crippen LogP) is 1.08. The molecular weight excluding hydrogens is 304 g/mol. The van der Waals surface area contributed by atoms with Crippen LogP contribution in [0.4, 0.5) is 0 Å². The van der Waals surface area contributed by atoms with Gasteiger partial charge in [0.2, 0.25) is 10.0 Å². The van der Waals surface area contributed by atoms with Crippen molar-refractivity contribution in [2.75, 3.05) is 18.8 Å². The van der Waals surface area contributed by atoms with Crippen LogP contribution in [0.1, 0.15) is 57.8 Å². The first-order valence-electron chi connectivity index (χ1n) is 7.91. The standard InChI is InChI=1S/C14H26N4O3S/c1-5-9-22(20,21)17-8-6-7-12(10-17)13-15-16(4)14(19)18(13)11(2)3/h11-12H,5-10H2,1-4H3. The fourth-order valence-electron chi connectivity index (χ4n) is 3.06. The lowest BCUT2D eigenvalue weighted by atomic mass is 9.98. The van der Waals surface area contributed by atoms with Crippen LogP contribution in [-0.2, 0) is 17.1 Å². The molecule has 1 atom stereocenters. The van der Waals surface area contributed by atoms with Gasteiger partial charge in [0.25, 0.3) is 0 Å². The summed E-state index contributed by atoms with van der Waals surface area (Å²) < 4.78 is 29.2. The molecule has 0 bridgehead atoms. The highest BCUT2D eigenvalue weighted by molar-refractivity contribution is 7.89. The van der Waals surface area contributed by atoms with Crippen molar-refractivity contribution in [1.29, 1.82) is 0 Å². The summed E-state index contributed by atoms with van der Waals surface area (Å²) in [6.07, 6.45) is 2.28. The van der Waals surface area contributed by atoms with Gasteiger partial charge in [-0.2, -0.15) is 5.10 Å². The van der Waals surface area contributed by atoms with E-state index in [1.54, 1.807) is 15.9 Å². The van der Waals surface area contributed by atoms with Gasteiger partial charge < -0.3 is 0 Å². The Kier molecular flexibility index (Phi) is 5.11. The third-order valence-electron chi connectivity index (χ3n) is 4.10. The van der Waals surface area contributed by atoms with Gasteiger partial charge in [-0.3, -0.25) is 4.57 Å². The van der Waals surface area contributed by atoms with Crippen molar-refractivity contribution < 1.29 is 8.42 Å². The van der Waals surface area contributed by atoms with Crippen LogP contribution in [0.15, 0.2) is 4.79 Å². The van der Waals surface area contributed by atoms with Gasteiger partial charge in [0.05, 0.1) is 5.75 Å². The lowest BCUT2D eigenvalue weighted by Crippen LogP contribution is -2.41. The van der Waals surface area contributed by atoms with Crippen molar-refractivity contribution in [3.63, 3.8) is 0 Å². The summed E-state index contributed by atoms with van der Waals surface area (Å²) in [5, 5.41) is 4.36. The number of hydrogen-bond donors (Lipinski definition) is 0. The molecule has 0 spiro atoms. The van der Waals surface area contributed by atoms with E-state index in [9.17, 15) is 13.2 Å². The van der Waals surface area contributed by atoms with E-state index in [4.69, 9.17) is 0 Å². The molecule has 7 nitrogen and oxygen atoms in total. The number of sulfonamides is 1. The third kappa shape index (κ3) is 3.27. The van der Waals surface area contributed by atoms with Gasteiger partial charge in [-0.25, -0.2) is 22.2 Å². The number of piperidine rings is 1. The van der Waals surface area contributed by atoms with E-state index in [2.05, 4.69) is 5.10 Å². The van der Waals surface area contributed by atoms with E-state index in [1.807, 2.05) is 20.8 Å². The molecule has 1 fully saturated rings. The number of rotatable bonds is 5. The van der Waals surface area contributed by atoms with Crippen LogP contribution in [0.5, 0.6) is 0 Å². The number of hydrogen-bond acceptors (Lipinski definition) is 4. The fraction of sp³-hybridized carbons (Fsp3) is 0.857. The highest BCUT2D eigenvalue weighted by atomic mass is 32.2. The predicted molar refractivity (Wildman–Crippen MR) is 85.5 cm³/mol. The Bertz CT molecular complexity index is 675. The summed E-state index contributed by atoms with van der Waals surface area (Å²) in [6.45, 7) is 6.75. The van der Waals surface area contributed by atoms with Crippen molar-refractivity contribution in [1.82, 2.24) is 18.7 Å². The van der Waals surface area contributed by atoms with Crippen molar-refractivity contribution >= 4 is 10.0 Å². The minimum atomic E-state index is -3.20. The normalized spacial score (nSPS) is 20.7. The Morgan fingerprint density at radius 1 is 1.36 bits per heavy atom. The van der Waals surface area contributed by atoms with Gasteiger partial charge in [-0.05, 0) is 33.1 Å². The van der Waals surface area contributed by atoms with Crippen LogP contribution in [0.3, 0.4) is 0 Å². The van der Waals surface area contributed by atoms with Gasteiger partial charge in [0, 0.05) is 32.1 Å². The third-order valence-corrected chi connectivity index (χ3v) is 6.15. The molecule has 126 valence electrons. The molecule has 0 aromatic carbocycles. The minimum Gasteiger partial charge on any atom is -0.276 e. The molecular formula is C14H26N4O3S. The number of aromatic nitrogens is 3. The first-order valence-corrected chi connectivity index (χ1v) is 9.52. The molecule has 2 rings (SSSR count). The summed E-state index contributed by atoms with van der Waals surface area (Å²) in [5.74, 6) is 0.870. The molecule has 0 radical (unpaired) electrons. The second-order valence-corrected chi connectivity index (χ2v) is 8.33. The van der Waals surface area contributed by atoms with Gasteiger partial charge >= 0.3 is 5.69 Å². The molecule has 1 unspecified atom stereocenters. The van der Waals surface area contributed by atoms with Crippen LogP contribution in [0, 0.1) is 0 Å². The summed E-state index contributed by atoms with van der Waals surface area (Å²) in [5.41, 5.74) is -0.140. The summed E-state index contributed by atoms with van der Waals surface area (Å²) in [4.78, 5) is 12.2. The molecule has 0 amide bonds. The highest BCUT2D eigenvalue weighted by Gasteiger charge is 2.32. The van der Waals surface area contributed by atoms with Gasteiger partial charge in [0.15, 0.2) is 0 Å². The lowest BCUT2D eigenvalue weighted by molar-refractivity contribution is 0.301. The topological polar surface area (TPSA) is 77.2 Å². The van der Waals surface area contributed by atoms with E-state index in [1.165, 1.54) is 4.68 Å². The maximum atomic E-state index is 12.3. The molecule has 22 heavy (non-hydrogen) atoms. The molecule has 1 aromatic rings.